The zero-order chi connectivity index (χ0) is 17.4. The number of benzene rings is 2. The van der Waals surface area contributed by atoms with E-state index in [2.05, 4.69) is 10.7 Å². The molecule has 0 spiro atoms. The van der Waals surface area contributed by atoms with Gasteiger partial charge in [-0.1, -0.05) is 36.4 Å². The lowest BCUT2D eigenvalue weighted by Crippen LogP contribution is -2.22. The Hall–Kier alpha value is -2.79. The van der Waals surface area contributed by atoms with E-state index in [9.17, 15) is 9.90 Å². The second-order valence-electron chi connectivity index (χ2n) is 5.99. The quantitative estimate of drug-likeness (QED) is 0.725. The third-order valence-corrected chi connectivity index (χ3v) is 5.58. The maximum absolute atomic E-state index is 12.3. The summed E-state index contributed by atoms with van der Waals surface area (Å²) in [6, 6.07) is 15.4. The van der Waals surface area contributed by atoms with E-state index in [1.807, 2.05) is 36.4 Å². The molecule has 3 aromatic rings. The lowest BCUT2D eigenvalue weighted by atomic mass is 9.89. The Morgan fingerprint density at radius 3 is 2.72 bits per heavy atom. The van der Waals surface area contributed by atoms with Gasteiger partial charge in [0, 0.05) is 28.2 Å². The van der Waals surface area contributed by atoms with Crippen LogP contribution in [0.3, 0.4) is 0 Å². The maximum atomic E-state index is 12.3. The molecular weight excluding hydrogens is 334 g/mol. The molecule has 0 radical (unpaired) electrons. The van der Waals surface area contributed by atoms with Gasteiger partial charge in [0.2, 0.25) is 5.91 Å². The summed E-state index contributed by atoms with van der Waals surface area (Å²) < 4.78 is 5.11. The third kappa shape index (κ3) is 2.76. The molecule has 25 heavy (non-hydrogen) atoms. The Morgan fingerprint density at radius 1 is 1.20 bits per heavy atom. The largest absolute Gasteiger partial charge is 0.504 e. The van der Waals surface area contributed by atoms with E-state index in [-0.39, 0.29) is 17.6 Å². The van der Waals surface area contributed by atoms with Gasteiger partial charge in [0.15, 0.2) is 11.5 Å². The van der Waals surface area contributed by atoms with E-state index in [4.69, 9.17) is 4.74 Å². The number of anilines is 1. The van der Waals surface area contributed by atoms with Gasteiger partial charge < -0.3 is 15.2 Å². The van der Waals surface area contributed by atoms with Gasteiger partial charge in [-0.05, 0) is 23.3 Å². The minimum atomic E-state index is -0.0666. The van der Waals surface area contributed by atoms with Crippen LogP contribution in [0.15, 0.2) is 53.9 Å². The number of aromatic hydroxyl groups is 1. The lowest BCUT2D eigenvalue weighted by Gasteiger charge is -2.24. The molecule has 126 valence electrons. The monoisotopic (exact) mass is 351 g/mol. The summed E-state index contributed by atoms with van der Waals surface area (Å²) in [7, 11) is 1.52. The van der Waals surface area contributed by atoms with Crippen molar-refractivity contribution >= 4 is 22.9 Å². The Bertz CT molecular complexity index is 933. The second kappa shape index (κ2) is 6.26. The molecule has 0 bridgehead atoms. The van der Waals surface area contributed by atoms with Crippen LogP contribution in [-0.2, 0) is 4.79 Å². The smallest absolute Gasteiger partial charge is 0.225 e. The van der Waals surface area contributed by atoms with Crippen LogP contribution in [0.1, 0.15) is 22.8 Å². The van der Waals surface area contributed by atoms with Crippen molar-refractivity contribution in [2.45, 2.75) is 12.3 Å². The number of amides is 1. The summed E-state index contributed by atoms with van der Waals surface area (Å²) >= 11 is 1.64. The van der Waals surface area contributed by atoms with Gasteiger partial charge >= 0.3 is 0 Å². The average Bonchev–Trinajstić information content (AvgIpc) is 3.05. The van der Waals surface area contributed by atoms with Crippen LogP contribution in [0.2, 0.25) is 0 Å². The summed E-state index contributed by atoms with van der Waals surface area (Å²) in [5, 5.41) is 15.2. The molecule has 1 amide bonds. The number of hydrogen-bond donors (Lipinski definition) is 2. The highest BCUT2D eigenvalue weighted by Crippen LogP contribution is 2.47. The normalized spacial score (nSPS) is 16.2. The fraction of sp³-hybridized carbons (Fsp3) is 0.150. The standard InChI is InChI=1S/C20H17NO3S/c1-24-17-8-7-13(9-16(17)22)14-10-18(23)21-19-15(11-25-20(14)19)12-5-3-2-4-6-12/h2-9,11,14,22H,10H2,1H3,(H,21,23)/t14-/m1/s1. The molecule has 1 aliphatic rings. The van der Waals surface area contributed by atoms with Crippen molar-refractivity contribution in [1.29, 1.82) is 0 Å². The minimum Gasteiger partial charge on any atom is -0.504 e. The molecule has 0 unspecified atom stereocenters. The molecule has 5 heteroatoms. The molecule has 1 atom stereocenters. The number of rotatable bonds is 3. The fourth-order valence-corrected chi connectivity index (χ4v) is 4.41. The summed E-state index contributed by atoms with van der Waals surface area (Å²) in [6.07, 6.45) is 0.369. The van der Waals surface area contributed by atoms with E-state index in [0.29, 0.717) is 12.2 Å². The Balaban J connectivity index is 1.80. The Morgan fingerprint density at radius 2 is 2.00 bits per heavy atom. The van der Waals surface area contributed by atoms with Crippen LogP contribution in [0, 0.1) is 0 Å². The maximum Gasteiger partial charge on any atom is 0.225 e. The van der Waals surface area contributed by atoms with Crippen molar-refractivity contribution in [1.82, 2.24) is 0 Å². The second-order valence-corrected chi connectivity index (χ2v) is 6.90. The highest BCUT2D eigenvalue weighted by atomic mass is 32.1. The fourth-order valence-electron chi connectivity index (χ4n) is 3.25. The molecule has 0 saturated heterocycles. The number of nitrogens with one attached hydrogen (secondary N) is 1. The predicted octanol–water partition coefficient (Wildman–Crippen LogP) is 4.60. The summed E-state index contributed by atoms with van der Waals surface area (Å²) in [6.45, 7) is 0. The van der Waals surface area contributed by atoms with Crippen LogP contribution < -0.4 is 10.1 Å². The van der Waals surface area contributed by atoms with Gasteiger partial charge in [-0.25, -0.2) is 0 Å². The number of phenols is 1. The summed E-state index contributed by atoms with van der Waals surface area (Å²) in [5.74, 6) is 0.444. The lowest BCUT2D eigenvalue weighted by molar-refractivity contribution is -0.116. The molecule has 4 nitrogen and oxygen atoms in total. The first-order chi connectivity index (χ1) is 12.2. The first kappa shape index (κ1) is 15.7. The van der Waals surface area contributed by atoms with Gasteiger partial charge in [0.25, 0.3) is 0 Å². The van der Waals surface area contributed by atoms with Crippen LogP contribution in [-0.4, -0.2) is 18.1 Å². The van der Waals surface area contributed by atoms with Crippen molar-refractivity contribution in [3.05, 3.63) is 64.4 Å². The Labute approximate surface area is 149 Å². The van der Waals surface area contributed by atoms with Gasteiger partial charge in [0.05, 0.1) is 12.8 Å². The number of thiophene rings is 1. The van der Waals surface area contributed by atoms with Crippen molar-refractivity contribution < 1.29 is 14.6 Å². The molecule has 2 N–H and O–H groups in total. The molecule has 1 aliphatic heterocycles. The summed E-state index contributed by atoms with van der Waals surface area (Å²) in [5.41, 5.74) is 3.92. The number of methoxy groups -OCH3 is 1. The number of carbonyl (C=O) groups excluding carboxylic acids is 1. The first-order valence-corrected chi connectivity index (χ1v) is 8.89. The predicted molar refractivity (Wildman–Crippen MR) is 99.5 cm³/mol. The summed E-state index contributed by atoms with van der Waals surface area (Å²) in [4.78, 5) is 13.4. The molecule has 2 heterocycles. The molecule has 0 aliphatic carbocycles. The number of ether oxygens (including phenoxy) is 1. The van der Waals surface area contributed by atoms with E-state index in [1.165, 1.54) is 7.11 Å². The zero-order valence-electron chi connectivity index (χ0n) is 13.7. The number of phenolic OH excluding ortho intramolecular Hbond substituents is 1. The molecular formula is C20H17NO3S. The zero-order valence-corrected chi connectivity index (χ0v) is 14.5. The topological polar surface area (TPSA) is 58.6 Å². The number of hydrogen-bond acceptors (Lipinski definition) is 4. The molecule has 4 rings (SSSR count). The van der Waals surface area contributed by atoms with E-state index in [1.54, 1.807) is 23.5 Å². The van der Waals surface area contributed by atoms with Crippen LogP contribution in [0.5, 0.6) is 11.5 Å². The van der Waals surface area contributed by atoms with Gasteiger partial charge in [0.1, 0.15) is 0 Å². The van der Waals surface area contributed by atoms with Crippen molar-refractivity contribution in [2.24, 2.45) is 0 Å². The van der Waals surface area contributed by atoms with E-state index in [0.717, 1.165) is 27.3 Å². The highest BCUT2D eigenvalue weighted by Gasteiger charge is 2.30. The first-order valence-electron chi connectivity index (χ1n) is 8.01. The number of fused-ring (bicyclic) bond motifs is 1. The molecule has 0 fully saturated rings. The van der Waals surface area contributed by atoms with Crippen molar-refractivity contribution in [3.8, 4) is 22.6 Å². The number of carbonyl (C=O) groups is 1. The molecule has 0 saturated carbocycles. The van der Waals surface area contributed by atoms with Crippen LogP contribution >= 0.6 is 11.3 Å². The molecule has 2 aromatic carbocycles. The van der Waals surface area contributed by atoms with E-state index < -0.39 is 0 Å². The van der Waals surface area contributed by atoms with Gasteiger partial charge in [-0.2, -0.15) is 0 Å². The van der Waals surface area contributed by atoms with Gasteiger partial charge in [-0.3, -0.25) is 4.79 Å². The SMILES string of the molecule is COc1ccc([C@H]2CC(=O)Nc3c(-c4ccccc4)csc32)cc1O. The highest BCUT2D eigenvalue weighted by molar-refractivity contribution is 7.11. The van der Waals surface area contributed by atoms with Crippen LogP contribution in [0.4, 0.5) is 5.69 Å². The van der Waals surface area contributed by atoms with E-state index >= 15 is 0 Å². The van der Waals surface area contributed by atoms with Gasteiger partial charge in [-0.15, -0.1) is 11.3 Å². The minimum absolute atomic E-state index is 0.0108. The average molecular weight is 351 g/mol. The van der Waals surface area contributed by atoms with Crippen molar-refractivity contribution in [2.75, 3.05) is 12.4 Å². The third-order valence-electron chi connectivity index (χ3n) is 4.48. The Kier molecular flexibility index (Phi) is 3.93. The van der Waals surface area contributed by atoms with Crippen LogP contribution in [0.25, 0.3) is 11.1 Å². The van der Waals surface area contributed by atoms with Crippen molar-refractivity contribution in [3.63, 3.8) is 0 Å². The molecule has 1 aromatic heterocycles.